The van der Waals surface area contributed by atoms with Crippen molar-refractivity contribution in [2.75, 3.05) is 33.4 Å². The van der Waals surface area contributed by atoms with Crippen LogP contribution in [0.4, 0.5) is 0 Å². The number of amides is 1. The Balaban J connectivity index is 3.18. The van der Waals surface area contributed by atoms with E-state index in [-0.39, 0.29) is 12.0 Å². The van der Waals surface area contributed by atoms with Gasteiger partial charge in [-0.15, -0.1) is 0 Å². The summed E-state index contributed by atoms with van der Waals surface area (Å²) in [5.41, 5.74) is 0. The van der Waals surface area contributed by atoms with Crippen molar-refractivity contribution >= 4 is 5.91 Å². The molecule has 0 aliphatic carbocycles. The molecule has 0 rings (SSSR count). The van der Waals surface area contributed by atoms with E-state index >= 15 is 0 Å². The number of hydrogen-bond donors (Lipinski definition) is 3. The Kier molecular flexibility index (Phi) is 8.51. The molecule has 84 valence electrons. The van der Waals surface area contributed by atoms with Crippen LogP contribution >= 0.6 is 0 Å². The van der Waals surface area contributed by atoms with E-state index in [1.54, 1.807) is 14.0 Å². The highest BCUT2D eigenvalue weighted by atomic mass is 16.5. The fraction of sp³-hybridized carbons (Fsp3) is 0.889. The van der Waals surface area contributed by atoms with Crippen LogP contribution in [0.15, 0.2) is 0 Å². The second-order valence-electron chi connectivity index (χ2n) is 3.15. The SMILES string of the molecule is COCCNC(=O)CCNCC(C)O. The molecular weight excluding hydrogens is 184 g/mol. The number of ether oxygens (including phenoxy) is 1. The molecule has 0 aromatic heterocycles. The number of hydrogen-bond acceptors (Lipinski definition) is 4. The van der Waals surface area contributed by atoms with Crippen LogP contribution in [0.5, 0.6) is 0 Å². The Bertz CT molecular complexity index is 151. The molecule has 0 heterocycles. The van der Waals surface area contributed by atoms with E-state index in [4.69, 9.17) is 9.84 Å². The van der Waals surface area contributed by atoms with Gasteiger partial charge in [0.1, 0.15) is 0 Å². The van der Waals surface area contributed by atoms with Gasteiger partial charge in [0.15, 0.2) is 0 Å². The van der Waals surface area contributed by atoms with Gasteiger partial charge in [-0.1, -0.05) is 0 Å². The molecule has 1 atom stereocenters. The lowest BCUT2D eigenvalue weighted by molar-refractivity contribution is -0.121. The standard InChI is InChI=1S/C9H20N2O3/c1-8(12)7-10-4-3-9(13)11-5-6-14-2/h8,10,12H,3-7H2,1-2H3,(H,11,13). The molecule has 5 heteroatoms. The van der Waals surface area contributed by atoms with Gasteiger partial charge in [0.2, 0.25) is 5.91 Å². The van der Waals surface area contributed by atoms with Crippen LogP contribution in [0.2, 0.25) is 0 Å². The number of carbonyl (C=O) groups is 1. The van der Waals surface area contributed by atoms with E-state index in [1.165, 1.54) is 0 Å². The van der Waals surface area contributed by atoms with Crippen LogP contribution < -0.4 is 10.6 Å². The number of rotatable bonds is 8. The van der Waals surface area contributed by atoms with Crippen LogP contribution in [0.1, 0.15) is 13.3 Å². The molecule has 5 nitrogen and oxygen atoms in total. The van der Waals surface area contributed by atoms with Crippen molar-refractivity contribution < 1.29 is 14.6 Å². The van der Waals surface area contributed by atoms with E-state index in [0.717, 1.165) is 0 Å². The quantitative estimate of drug-likeness (QED) is 0.449. The lowest BCUT2D eigenvalue weighted by atomic mass is 10.3. The molecule has 0 radical (unpaired) electrons. The maximum atomic E-state index is 11.1. The zero-order valence-electron chi connectivity index (χ0n) is 8.88. The van der Waals surface area contributed by atoms with E-state index in [9.17, 15) is 4.79 Å². The molecule has 0 aliphatic heterocycles. The van der Waals surface area contributed by atoms with Gasteiger partial charge in [-0.05, 0) is 6.92 Å². The Hall–Kier alpha value is -0.650. The van der Waals surface area contributed by atoms with E-state index in [1.807, 2.05) is 0 Å². The van der Waals surface area contributed by atoms with Gasteiger partial charge < -0.3 is 20.5 Å². The van der Waals surface area contributed by atoms with E-state index in [2.05, 4.69) is 10.6 Å². The molecule has 3 N–H and O–H groups in total. The third-order valence-corrected chi connectivity index (χ3v) is 1.60. The fourth-order valence-corrected chi connectivity index (χ4v) is 0.894. The maximum Gasteiger partial charge on any atom is 0.221 e. The minimum atomic E-state index is -0.369. The summed E-state index contributed by atoms with van der Waals surface area (Å²) < 4.78 is 4.79. The van der Waals surface area contributed by atoms with Crippen molar-refractivity contribution in [1.82, 2.24) is 10.6 Å². The molecule has 14 heavy (non-hydrogen) atoms. The normalized spacial score (nSPS) is 12.5. The predicted octanol–water partition coefficient (Wildman–Crippen LogP) is -0.890. The molecule has 1 amide bonds. The zero-order chi connectivity index (χ0) is 10.8. The second-order valence-corrected chi connectivity index (χ2v) is 3.15. The zero-order valence-corrected chi connectivity index (χ0v) is 8.88. The van der Waals surface area contributed by atoms with Crippen LogP contribution in [0.25, 0.3) is 0 Å². The first kappa shape index (κ1) is 13.4. The predicted molar refractivity (Wildman–Crippen MR) is 54.1 cm³/mol. The first-order valence-corrected chi connectivity index (χ1v) is 4.81. The van der Waals surface area contributed by atoms with Gasteiger partial charge in [-0.2, -0.15) is 0 Å². The summed E-state index contributed by atoms with van der Waals surface area (Å²) in [4.78, 5) is 11.1. The third kappa shape index (κ3) is 9.44. The van der Waals surface area contributed by atoms with Crippen molar-refractivity contribution in [1.29, 1.82) is 0 Å². The Morgan fingerprint density at radius 1 is 1.50 bits per heavy atom. The molecule has 0 aromatic rings. The smallest absolute Gasteiger partial charge is 0.221 e. The summed E-state index contributed by atoms with van der Waals surface area (Å²) in [5, 5.41) is 14.6. The van der Waals surface area contributed by atoms with Gasteiger partial charge in [0.05, 0.1) is 12.7 Å². The average Bonchev–Trinajstić information content (AvgIpc) is 2.13. The number of aliphatic hydroxyl groups excluding tert-OH is 1. The highest BCUT2D eigenvalue weighted by Crippen LogP contribution is 1.79. The highest BCUT2D eigenvalue weighted by molar-refractivity contribution is 5.75. The van der Waals surface area contributed by atoms with Crippen molar-refractivity contribution in [3.8, 4) is 0 Å². The molecule has 0 fully saturated rings. The lowest BCUT2D eigenvalue weighted by Gasteiger charge is -2.07. The summed E-state index contributed by atoms with van der Waals surface area (Å²) in [5.74, 6) is 0.000132. The number of carbonyl (C=O) groups excluding carboxylic acids is 1. The Labute approximate surface area is 84.8 Å². The third-order valence-electron chi connectivity index (χ3n) is 1.60. The summed E-state index contributed by atoms with van der Waals surface area (Å²) in [7, 11) is 1.59. The lowest BCUT2D eigenvalue weighted by Crippen LogP contribution is -2.32. The molecule has 0 aromatic carbocycles. The molecular formula is C9H20N2O3. The van der Waals surface area contributed by atoms with Crippen LogP contribution in [-0.4, -0.2) is 50.5 Å². The minimum absolute atomic E-state index is 0.000132. The molecule has 0 aliphatic rings. The van der Waals surface area contributed by atoms with Crippen molar-refractivity contribution in [3.05, 3.63) is 0 Å². The number of methoxy groups -OCH3 is 1. The molecule has 0 saturated heterocycles. The fourth-order valence-electron chi connectivity index (χ4n) is 0.894. The van der Waals surface area contributed by atoms with E-state index in [0.29, 0.717) is 32.7 Å². The van der Waals surface area contributed by atoms with Gasteiger partial charge in [-0.3, -0.25) is 4.79 Å². The Morgan fingerprint density at radius 2 is 2.21 bits per heavy atom. The van der Waals surface area contributed by atoms with Crippen LogP contribution in [0, 0.1) is 0 Å². The summed E-state index contributed by atoms with van der Waals surface area (Å²) in [6.07, 6.45) is 0.0581. The van der Waals surface area contributed by atoms with Crippen molar-refractivity contribution in [3.63, 3.8) is 0 Å². The first-order valence-electron chi connectivity index (χ1n) is 4.81. The molecule has 1 unspecified atom stereocenters. The van der Waals surface area contributed by atoms with E-state index < -0.39 is 0 Å². The van der Waals surface area contributed by atoms with Crippen LogP contribution in [-0.2, 0) is 9.53 Å². The largest absolute Gasteiger partial charge is 0.392 e. The minimum Gasteiger partial charge on any atom is -0.392 e. The molecule has 0 spiro atoms. The highest BCUT2D eigenvalue weighted by Gasteiger charge is 2.00. The van der Waals surface area contributed by atoms with Gasteiger partial charge >= 0.3 is 0 Å². The summed E-state index contributed by atoms with van der Waals surface area (Å²) in [6.45, 7) is 3.89. The molecule has 0 saturated carbocycles. The topological polar surface area (TPSA) is 70.6 Å². The van der Waals surface area contributed by atoms with Gasteiger partial charge in [0, 0.05) is 33.2 Å². The average molecular weight is 204 g/mol. The summed E-state index contributed by atoms with van der Waals surface area (Å²) >= 11 is 0. The number of nitrogens with one attached hydrogen (secondary N) is 2. The van der Waals surface area contributed by atoms with Gasteiger partial charge in [0.25, 0.3) is 0 Å². The maximum absolute atomic E-state index is 11.1. The second kappa shape index (κ2) is 8.93. The summed E-state index contributed by atoms with van der Waals surface area (Å²) in [6, 6.07) is 0. The van der Waals surface area contributed by atoms with Crippen molar-refractivity contribution in [2.24, 2.45) is 0 Å². The monoisotopic (exact) mass is 204 g/mol. The number of aliphatic hydroxyl groups is 1. The van der Waals surface area contributed by atoms with Crippen LogP contribution in [0.3, 0.4) is 0 Å². The molecule has 0 bridgehead atoms. The van der Waals surface area contributed by atoms with Gasteiger partial charge in [-0.25, -0.2) is 0 Å². The first-order chi connectivity index (χ1) is 6.66. The van der Waals surface area contributed by atoms with Crippen molar-refractivity contribution in [2.45, 2.75) is 19.4 Å². The Morgan fingerprint density at radius 3 is 2.79 bits per heavy atom.